The van der Waals surface area contributed by atoms with E-state index in [9.17, 15) is 0 Å². The van der Waals surface area contributed by atoms with Gasteiger partial charge < -0.3 is 4.74 Å². The van der Waals surface area contributed by atoms with E-state index in [0.29, 0.717) is 0 Å². The van der Waals surface area contributed by atoms with Gasteiger partial charge >= 0.3 is 0 Å². The first-order valence-corrected chi connectivity index (χ1v) is 2.95. The summed E-state index contributed by atoms with van der Waals surface area (Å²) in [6.45, 7) is 5.00. The molecule has 0 saturated heterocycles. The van der Waals surface area contributed by atoms with E-state index in [-0.39, 0.29) is 0 Å². The van der Waals surface area contributed by atoms with Crippen LogP contribution in [0.2, 0.25) is 0 Å². The molecule has 0 heterocycles. The van der Waals surface area contributed by atoms with E-state index in [2.05, 4.69) is 19.9 Å². The summed E-state index contributed by atoms with van der Waals surface area (Å²) in [5.74, 6) is 0. The van der Waals surface area contributed by atoms with Crippen molar-refractivity contribution in [1.82, 2.24) is 0 Å². The molecule has 0 spiro atoms. The molecule has 0 fully saturated rings. The maximum absolute atomic E-state index is 4.84. The lowest BCUT2D eigenvalue weighted by Crippen LogP contribution is -1.82. The van der Waals surface area contributed by atoms with Crippen LogP contribution in [0.3, 0.4) is 0 Å². The van der Waals surface area contributed by atoms with Crippen LogP contribution < -0.4 is 0 Å². The Hall–Kier alpha value is -0.300. The minimum absolute atomic E-state index is 0.750. The van der Waals surface area contributed by atoms with E-state index in [1.54, 1.807) is 7.11 Å². The second-order valence-electron chi connectivity index (χ2n) is 1.86. The predicted octanol–water partition coefficient (Wildman–Crippen LogP) is 1.99. The summed E-state index contributed by atoms with van der Waals surface area (Å²) in [7, 11) is 1.71. The van der Waals surface area contributed by atoms with Crippen LogP contribution in [0, 0.1) is 0 Å². The molecule has 0 aromatic carbocycles. The van der Waals surface area contributed by atoms with Crippen molar-refractivity contribution in [3.63, 3.8) is 0 Å². The van der Waals surface area contributed by atoms with Gasteiger partial charge in [-0.15, -0.1) is 0 Å². The largest absolute Gasteiger partial charge is 0.381 e. The van der Waals surface area contributed by atoms with Gasteiger partial charge in [0.25, 0.3) is 0 Å². The molecule has 0 unspecified atom stereocenters. The lowest BCUT2D eigenvalue weighted by molar-refractivity contribution is 0.233. The Bertz CT molecular complexity index is 74.5. The maximum Gasteiger partial charge on any atom is 0.0646 e. The number of hydrogen-bond donors (Lipinski definition) is 0. The van der Waals surface area contributed by atoms with E-state index in [1.807, 2.05) is 0 Å². The van der Waals surface area contributed by atoms with Gasteiger partial charge in [0.2, 0.25) is 0 Å². The zero-order valence-electron chi connectivity index (χ0n) is 5.90. The monoisotopic (exact) mass is 114 g/mol. The first-order chi connectivity index (χ1) is 3.81. The molecule has 0 rings (SSSR count). The molecule has 0 aromatic rings. The van der Waals surface area contributed by atoms with Crippen LogP contribution >= 0.6 is 0 Å². The van der Waals surface area contributed by atoms with E-state index in [4.69, 9.17) is 4.74 Å². The van der Waals surface area contributed by atoms with Gasteiger partial charge in [0.1, 0.15) is 0 Å². The molecule has 0 aromatic heterocycles. The van der Waals surface area contributed by atoms with Crippen LogP contribution in [0.1, 0.15) is 20.3 Å². The summed E-state index contributed by atoms with van der Waals surface area (Å²) in [6.07, 6.45) is 3.23. The van der Waals surface area contributed by atoms with Crippen LogP contribution in [-0.4, -0.2) is 13.7 Å². The summed E-state index contributed by atoms with van der Waals surface area (Å²) < 4.78 is 4.84. The van der Waals surface area contributed by atoms with Crippen molar-refractivity contribution in [2.45, 2.75) is 20.3 Å². The van der Waals surface area contributed by atoms with Gasteiger partial charge in [-0.1, -0.05) is 18.6 Å². The number of ether oxygens (including phenoxy) is 1. The fourth-order valence-electron chi connectivity index (χ4n) is 0.370. The molecule has 0 atom stereocenters. The summed E-state index contributed by atoms with van der Waals surface area (Å²) in [4.78, 5) is 0. The molecule has 0 aliphatic heterocycles. The number of methoxy groups -OCH3 is 1. The van der Waals surface area contributed by atoms with Crippen molar-refractivity contribution < 1.29 is 4.74 Å². The van der Waals surface area contributed by atoms with Crippen molar-refractivity contribution in [1.29, 1.82) is 0 Å². The number of allylic oxidation sites excluding steroid dienone is 1. The van der Waals surface area contributed by atoms with Crippen molar-refractivity contribution in [2.24, 2.45) is 0 Å². The summed E-state index contributed by atoms with van der Waals surface area (Å²) >= 11 is 0. The standard InChI is InChI=1S/C7H14O/c1-4-7(2)5-6-8-3/h5H,4,6H2,1-3H3. The first-order valence-electron chi connectivity index (χ1n) is 2.95. The van der Waals surface area contributed by atoms with Crippen LogP contribution in [0.15, 0.2) is 11.6 Å². The Kier molecular flexibility index (Phi) is 4.67. The second-order valence-corrected chi connectivity index (χ2v) is 1.86. The van der Waals surface area contributed by atoms with E-state index < -0.39 is 0 Å². The van der Waals surface area contributed by atoms with Crippen molar-refractivity contribution >= 4 is 0 Å². The molecule has 0 aliphatic rings. The topological polar surface area (TPSA) is 9.23 Å². The van der Waals surface area contributed by atoms with Crippen molar-refractivity contribution in [3.8, 4) is 0 Å². The van der Waals surface area contributed by atoms with Gasteiger partial charge in [-0.25, -0.2) is 0 Å². The lowest BCUT2D eigenvalue weighted by atomic mass is 10.2. The predicted molar refractivity (Wildman–Crippen MR) is 35.9 cm³/mol. The third-order valence-electron chi connectivity index (χ3n) is 1.16. The van der Waals surface area contributed by atoms with Crippen molar-refractivity contribution in [2.75, 3.05) is 13.7 Å². The van der Waals surface area contributed by atoms with Gasteiger partial charge in [-0.2, -0.15) is 0 Å². The van der Waals surface area contributed by atoms with E-state index in [0.717, 1.165) is 13.0 Å². The second kappa shape index (κ2) is 4.85. The highest BCUT2D eigenvalue weighted by Gasteiger charge is 1.79. The molecule has 48 valence electrons. The van der Waals surface area contributed by atoms with Gasteiger partial charge in [0, 0.05) is 7.11 Å². The summed E-state index contributed by atoms with van der Waals surface area (Å²) in [5.41, 5.74) is 1.40. The number of hydrogen-bond acceptors (Lipinski definition) is 1. The van der Waals surface area contributed by atoms with Crippen LogP contribution in [0.5, 0.6) is 0 Å². The van der Waals surface area contributed by atoms with Crippen LogP contribution in [-0.2, 0) is 4.74 Å². The first kappa shape index (κ1) is 7.70. The summed E-state index contributed by atoms with van der Waals surface area (Å²) in [5, 5.41) is 0. The molecule has 0 amide bonds. The average Bonchev–Trinajstić information content (AvgIpc) is 1.83. The minimum atomic E-state index is 0.750. The summed E-state index contributed by atoms with van der Waals surface area (Å²) in [6, 6.07) is 0. The van der Waals surface area contributed by atoms with Gasteiger partial charge in [-0.05, 0) is 13.3 Å². The highest BCUT2D eigenvalue weighted by atomic mass is 16.5. The Labute approximate surface area is 51.4 Å². The molecule has 0 saturated carbocycles. The Morgan fingerprint density at radius 3 is 2.62 bits per heavy atom. The molecule has 0 aliphatic carbocycles. The van der Waals surface area contributed by atoms with Crippen LogP contribution in [0.25, 0.3) is 0 Å². The molecular formula is C7H14O. The normalized spacial score (nSPS) is 12.1. The smallest absolute Gasteiger partial charge is 0.0646 e. The van der Waals surface area contributed by atoms with Gasteiger partial charge in [0.15, 0.2) is 0 Å². The van der Waals surface area contributed by atoms with E-state index in [1.165, 1.54) is 5.57 Å². The molecule has 1 heteroatoms. The van der Waals surface area contributed by atoms with E-state index >= 15 is 0 Å². The molecule has 1 nitrogen and oxygen atoms in total. The van der Waals surface area contributed by atoms with Crippen molar-refractivity contribution in [3.05, 3.63) is 11.6 Å². The fraction of sp³-hybridized carbons (Fsp3) is 0.714. The fourth-order valence-corrected chi connectivity index (χ4v) is 0.370. The molecule has 0 bridgehead atoms. The Morgan fingerprint density at radius 1 is 1.62 bits per heavy atom. The Morgan fingerprint density at radius 2 is 2.25 bits per heavy atom. The van der Waals surface area contributed by atoms with Crippen LogP contribution in [0.4, 0.5) is 0 Å². The zero-order chi connectivity index (χ0) is 6.41. The highest BCUT2D eigenvalue weighted by molar-refractivity contribution is 4.96. The Balaban J connectivity index is 3.26. The van der Waals surface area contributed by atoms with Gasteiger partial charge in [0.05, 0.1) is 6.61 Å². The highest BCUT2D eigenvalue weighted by Crippen LogP contribution is 1.95. The molecule has 0 radical (unpaired) electrons. The lowest BCUT2D eigenvalue weighted by Gasteiger charge is -1.92. The molecular weight excluding hydrogens is 100 g/mol. The minimum Gasteiger partial charge on any atom is -0.381 e. The molecule has 0 N–H and O–H groups in total. The zero-order valence-corrected chi connectivity index (χ0v) is 5.90. The van der Waals surface area contributed by atoms with Gasteiger partial charge in [-0.3, -0.25) is 0 Å². The SMILES string of the molecule is CCC(C)=CCOC. The average molecular weight is 114 g/mol. The third kappa shape index (κ3) is 3.88. The number of rotatable bonds is 3. The molecule has 8 heavy (non-hydrogen) atoms. The third-order valence-corrected chi connectivity index (χ3v) is 1.16. The quantitative estimate of drug-likeness (QED) is 0.510. The maximum atomic E-state index is 4.84.